The van der Waals surface area contributed by atoms with E-state index in [1.807, 2.05) is 0 Å². The lowest BCUT2D eigenvalue weighted by Gasteiger charge is -2.44. The number of aliphatic hydroxyl groups is 2. The summed E-state index contributed by atoms with van der Waals surface area (Å²) in [4.78, 5) is 13.3. The van der Waals surface area contributed by atoms with Crippen molar-refractivity contribution in [2.45, 2.75) is 68.9 Å². The van der Waals surface area contributed by atoms with Crippen molar-refractivity contribution in [1.82, 2.24) is 5.32 Å². The molecule has 0 spiro atoms. The third kappa shape index (κ3) is 5.40. The lowest BCUT2D eigenvalue weighted by Crippen LogP contribution is -2.61. The quantitative estimate of drug-likeness (QED) is 0.565. The van der Waals surface area contributed by atoms with Gasteiger partial charge in [-0.3, -0.25) is 4.79 Å². The first kappa shape index (κ1) is 23.3. The summed E-state index contributed by atoms with van der Waals surface area (Å²) >= 11 is 0. The van der Waals surface area contributed by atoms with E-state index in [4.69, 9.17) is 9.47 Å². The summed E-state index contributed by atoms with van der Waals surface area (Å²) in [6, 6.07) is 15.2. The van der Waals surface area contributed by atoms with Crippen LogP contribution in [0.3, 0.4) is 0 Å². The van der Waals surface area contributed by atoms with E-state index in [1.165, 1.54) is 6.07 Å². The lowest BCUT2D eigenvalue weighted by atomic mass is 9.78. The van der Waals surface area contributed by atoms with E-state index in [0.717, 1.165) is 12.8 Å². The van der Waals surface area contributed by atoms with Crippen molar-refractivity contribution in [3.8, 4) is 6.07 Å². The first-order valence-corrected chi connectivity index (χ1v) is 11.1. The number of nitrogens with zero attached hydrogens (tertiary/aromatic N) is 1. The second kappa shape index (κ2) is 9.98. The Labute approximate surface area is 191 Å². The standard InChI is InChI=1S/C25H27FN2O5/c26-20-8-4-3-7-18(20)14-32-22-12-25(11-21(29)23(22)30,24(31)28-19-9-10-19)33-15-17-6-2-1-5-16(17)13-27/h1-8,19,21-23,29-30H,9-12,14-15H2,(H,28,31)/t21-,22-,23-,25+/m1/s1. The molecule has 2 fully saturated rings. The van der Waals surface area contributed by atoms with Gasteiger partial charge in [-0.15, -0.1) is 0 Å². The van der Waals surface area contributed by atoms with Crippen LogP contribution in [-0.4, -0.2) is 46.1 Å². The van der Waals surface area contributed by atoms with Crippen LogP contribution in [0.25, 0.3) is 0 Å². The molecule has 0 radical (unpaired) electrons. The number of nitrogens with one attached hydrogen (secondary N) is 1. The Morgan fingerprint density at radius 3 is 2.48 bits per heavy atom. The molecule has 0 saturated heterocycles. The minimum atomic E-state index is -1.47. The fraction of sp³-hybridized carbons (Fsp3) is 0.440. The fourth-order valence-electron chi connectivity index (χ4n) is 4.09. The van der Waals surface area contributed by atoms with Crippen LogP contribution in [0.4, 0.5) is 4.39 Å². The molecule has 2 saturated carbocycles. The van der Waals surface area contributed by atoms with Crippen molar-refractivity contribution in [2.24, 2.45) is 0 Å². The third-order valence-electron chi connectivity index (χ3n) is 6.22. The number of hydrogen-bond acceptors (Lipinski definition) is 6. The Morgan fingerprint density at radius 2 is 1.79 bits per heavy atom. The summed E-state index contributed by atoms with van der Waals surface area (Å²) in [5, 5.41) is 33.5. The SMILES string of the molecule is N#Cc1ccccc1CO[C@@]1(C(=O)NC2CC2)C[C@@H](O)[C@@H](O)[C@H](OCc2ccccc2F)C1. The van der Waals surface area contributed by atoms with Crippen molar-refractivity contribution in [1.29, 1.82) is 5.26 Å². The number of amides is 1. The second-order valence-corrected chi connectivity index (χ2v) is 8.71. The number of nitriles is 1. The Bertz CT molecular complexity index is 1040. The first-order chi connectivity index (χ1) is 15.9. The van der Waals surface area contributed by atoms with E-state index in [-0.39, 0.29) is 38.0 Å². The van der Waals surface area contributed by atoms with Crippen LogP contribution < -0.4 is 5.32 Å². The molecule has 0 aromatic heterocycles. The zero-order valence-corrected chi connectivity index (χ0v) is 18.1. The molecule has 4 atom stereocenters. The number of rotatable bonds is 8. The molecular weight excluding hydrogens is 427 g/mol. The van der Waals surface area contributed by atoms with Gasteiger partial charge < -0.3 is 25.0 Å². The highest BCUT2D eigenvalue weighted by atomic mass is 19.1. The van der Waals surface area contributed by atoms with Crippen LogP contribution in [0.2, 0.25) is 0 Å². The van der Waals surface area contributed by atoms with E-state index in [1.54, 1.807) is 42.5 Å². The van der Waals surface area contributed by atoms with Gasteiger partial charge >= 0.3 is 0 Å². The van der Waals surface area contributed by atoms with Crippen LogP contribution in [0.15, 0.2) is 48.5 Å². The molecule has 2 aliphatic carbocycles. The summed E-state index contributed by atoms with van der Waals surface area (Å²) in [6.07, 6.45) is -1.89. The second-order valence-electron chi connectivity index (χ2n) is 8.71. The first-order valence-electron chi connectivity index (χ1n) is 11.1. The average molecular weight is 454 g/mol. The molecule has 2 aromatic carbocycles. The van der Waals surface area contributed by atoms with E-state index >= 15 is 0 Å². The van der Waals surface area contributed by atoms with Crippen LogP contribution in [0.1, 0.15) is 42.4 Å². The highest BCUT2D eigenvalue weighted by molar-refractivity contribution is 5.86. The topological polar surface area (TPSA) is 112 Å². The third-order valence-corrected chi connectivity index (χ3v) is 6.22. The van der Waals surface area contributed by atoms with Gasteiger partial charge in [-0.1, -0.05) is 36.4 Å². The highest BCUT2D eigenvalue weighted by Crippen LogP contribution is 2.37. The van der Waals surface area contributed by atoms with E-state index in [9.17, 15) is 24.7 Å². The maximum Gasteiger partial charge on any atom is 0.252 e. The van der Waals surface area contributed by atoms with E-state index < -0.39 is 29.7 Å². The van der Waals surface area contributed by atoms with Gasteiger partial charge in [0.15, 0.2) is 5.60 Å². The number of carbonyl (C=O) groups is 1. The van der Waals surface area contributed by atoms with Crippen molar-refractivity contribution in [2.75, 3.05) is 0 Å². The molecule has 0 bridgehead atoms. The molecular formula is C25H27FN2O5. The molecule has 174 valence electrons. The van der Waals surface area contributed by atoms with E-state index in [2.05, 4.69) is 11.4 Å². The van der Waals surface area contributed by atoms with Gasteiger partial charge in [-0.05, 0) is 30.5 Å². The monoisotopic (exact) mass is 454 g/mol. The number of halogens is 1. The molecule has 3 N–H and O–H groups in total. The maximum absolute atomic E-state index is 14.0. The Balaban J connectivity index is 1.55. The molecule has 0 unspecified atom stereocenters. The van der Waals surface area contributed by atoms with Gasteiger partial charge in [0.2, 0.25) is 0 Å². The molecule has 1 amide bonds. The Morgan fingerprint density at radius 1 is 1.09 bits per heavy atom. The van der Waals surface area contributed by atoms with Crippen molar-refractivity contribution in [3.63, 3.8) is 0 Å². The van der Waals surface area contributed by atoms with Crippen molar-refractivity contribution < 1.29 is 28.9 Å². The molecule has 2 aliphatic rings. The largest absolute Gasteiger partial charge is 0.390 e. The van der Waals surface area contributed by atoms with Gasteiger partial charge in [0.25, 0.3) is 5.91 Å². The minimum absolute atomic E-state index is 0.0209. The fourth-order valence-corrected chi connectivity index (χ4v) is 4.09. The van der Waals surface area contributed by atoms with Crippen molar-refractivity contribution >= 4 is 5.91 Å². The summed E-state index contributed by atoms with van der Waals surface area (Å²) in [5.41, 5.74) is -0.118. The zero-order chi connectivity index (χ0) is 23.4. The summed E-state index contributed by atoms with van der Waals surface area (Å²) in [6.45, 7) is -0.149. The van der Waals surface area contributed by atoms with Gasteiger partial charge in [-0.2, -0.15) is 5.26 Å². The van der Waals surface area contributed by atoms with Crippen LogP contribution in [-0.2, 0) is 27.5 Å². The van der Waals surface area contributed by atoms with Gasteiger partial charge in [0, 0.05) is 24.4 Å². The number of carbonyl (C=O) groups excluding carboxylic acids is 1. The predicted octanol–water partition coefficient (Wildman–Crippen LogP) is 2.33. The number of ether oxygens (including phenoxy) is 2. The number of hydrogen-bond donors (Lipinski definition) is 3. The number of benzene rings is 2. The van der Waals surface area contributed by atoms with Crippen LogP contribution in [0, 0.1) is 17.1 Å². The molecule has 8 heteroatoms. The molecule has 4 rings (SSSR count). The van der Waals surface area contributed by atoms with Gasteiger partial charge in [-0.25, -0.2) is 4.39 Å². The number of aliphatic hydroxyl groups excluding tert-OH is 2. The van der Waals surface area contributed by atoms with Gasteiger partial charge in [0.05, 0.1) is 37.1 Å². The minimum Gasteiger partial charge on any atom is -0.390 e. The molecule has 0 aliphatic heterocycles. The van der Waals surface area contributed by atoms with E-state index in [0.29, 0.717) is 16.7 Å². The van der Waals surface area contributed by atoms with Crippen LogP contribution in [0.5, 0.6) is 0 Å². The maximum atomic E-state index is 14.0. The van der Waals surface area contributed by atoms with Crippen molar-refractivity contribution in [3.05, 3.63) is 71.0 Å². The van der Waals surface area contributed by atoms with Gasteiger partial charge in [0.1, 0.15) is 11.9 Å². The zero-order valence-electron chi connectivity index (χ0n) is 18.1. The molecule has 33 heavy (non-hydrogen) atoms. The molecule has 0 heterocycles. The predicted molar refractivity (Wildman–Crippen MR) is 116 cm³/mol. The Hall–Kier alpha value is -2.83. The Kier molecular flexibility index (Phi) is 7.05. The van der Waals surface area contributed by atoms with Crippen LogP contribution >= 0.6 is 0 Å². The normalized spacial score (nSPS) is 27.0. The molecule has 2 aromatic rings. The lowest BCUT2D eigenvalue weighted by molar-refractivity contribution is -0.200. The highest BCUT2D eigenvalue weighted by Gasteiger charge is 2.52. The summed E-state index contributed by atoms with van der Waals surface area (Å²) in [7, 11) is 0. The molecule has 7 nitrogen and oxygen atoms in total. The average Bonchev–Trinajstić information content (AvgIpc) is 3.64. The smallest absolute Gasteiger partial charge is 0.252 e. The summed E-state index contributed by atoms with van der Waals surface area (Å²) < 4.78 is 25.9. The summed E-state index contributed by atoms with van der Waals surface area (Å²) in [5.74, 6) is -0.824.